The van der Waals surface area contributed by atoms with Gasteiger partial charge >= 0.3 is 0 Å². The molecule has 0 bridgehead atoms. The maximum absolute atomic E-state index is 4.90. The smallest absolute Gasteiger partial charge is 0.194 e. The Balaban J connectivity index is 0.00000225. The molecule has 1 fully saturated rings. The molecule has 0 unspecified atom stereocenters. The Hall–Kier alpha value is -1.62. The minimum absolute atomic E-state index is 0. The molecule has 2 aromatic heterocycles. The maximum Gasteiger partial charge on any atom is 0.194 e. The molecule has 1 aliphatic rings. The zero-order valence-electron chi connectivity index (χ0n) is 14.8. The summed E-state index contributed by atoms with van der Waals surface area (Å²) in [5.41, 5.74) is 2.11. The molecule has 0 aliphatic carbocycles. The van der Waals surface area contributed by atoms with E-state index < -0.39 is 0 Å². The molecule has 1 saturated heterocycles. The summed E-state index contributed by atoms with van der Waals surface area (Å²) in [5, 5.41) is 11.6. The quantitative estimate of drug-likeness (QED) is 0.413. The number of rotatable bonds is 5. The highest BCUT2D eigenvalue weighted by Crippen LogP contribution is 2.08. The number of aryl methyl sites for hydroxylation is 1. The van der Waals surface area contributed by atoms with Gasteiger partial charge in [0.1, 0.15) is 6.26 Å². The van der Waals surface area contributed by atoms with Gasteiger partial charge in [0.2, 0.25) is 0 Å². The van der Waals surface area contributed by atoms with Crippen molar-refractivity contribution in [2.24, 2.45) is 12.0 Å². The van der Waals surface area contributed by atoms with Gasteiger partial charge in [0.25, 0.3) is 0 Å². The summed E-state index contributed by atoms with van der Waals surface area (Å²) in [4.78, 5) is 9.46. The average Bonchev–Trinajstić information content (AvgIpc) is 3.24. The van der Waals surface area contributed by atoms with E-state index in [0.29, 0.717) is 6.54 Å². The van der Waals surface area contributed by atoms with Crippen molar-refractivity contribution in [3.8, 4) is 0 Å². The maximum atomic E-state index is 4.90. The number of hydrogen-bond donors (Lipinski definition) is 1. The molecule has 9 heteroatoms. The summed E-state index contributed by atoms with van der Waals surface area (Å²) in [7, 11) is 1.92. The van der Waals surface area contributed by atoms with E-state index in [2.05, 4.69) is 32.3 Å². The van der Waals surface area contributed by atoms with Crippen molar-refractivity contribution in [3.63, 3.8) is 0 Å². The van der Waals surface area contributed by atoms with Crippen molar-refractivity contribution in [1.82, 2.24) is 30.1 Å². The lowest BCUT2D eigenvalue weighted by atomic mass is 10.3. The fourth-order valence-corrected chi connectivity index (χ4v) is 2.81. The second-order valence-corrected chi connectivity index (χ2v) is 5.95. The van der Waals surface area contributed by atoms with Crippen molar-refractivity contribution in [2.45, 2.75) is 20.0 Å². The largest absolute Gasteiger partial charge is 0.364 e. The van der Waals surface area contributed by atoms with Gasteiger partial charge in [-0.05, 0) is 6.92 Å². The number of nitrogens with one attached hydrogen (secondary N) is 1. The summed E-state index contributed by atoms with van der Waals surface area (Å²) >= 11 is 0. The van der Waals surface area contributed by atoms with Gasteiger partial charge in [0.05, 0.1) is 18.4 Å². The highest BCUT2D eigenvalue weighted by atomic mass is 127. The summed E-state index contributed by atoms with van der Waals surface area (Å²) in [5.74, 6) is 0.974. The first-order valence-electron chi connectivity index (χ1n) is 8.37. The third kappa shape index (κ3) is 5.70. The van der Waals surface area contributed by atoms with Gasteiger partial charge in [0, 0.05) is 64.1 Å². The molecule has 3 heterocycles. The molecule has 0 amide bonds. The van der Waals surface area contributed by atoms with Crippen LogP contribution in [0.4, 0.5) is 0 Å². The first-order valence-corrected chi connectivity index (χ1v) is 8.37. The molecule has 3 rings (SSSR count). The molecule has 25 heavy (non-hydrogen) atoms. The van der Waals surface area contributed by atoms with E-state index in [4.69, 9.17) is 9.52 Å². The van der Waals surface area contributed by atoms with Crippen LogP contribution in [0.2, 0.25) is 0 Å². The van der Waals surface area contributed by atoms with Crippen LogP contribution in [-0.4, -0.2) is 63.4 Å². The lowest BCUT2D eigenvalue weighted by Gasteiger charge is -2.36. The Labute approximate surface area is 165 Å². The van der Waals surface area contributed by atoms with Crippen molar-refractivity contribution in [2.75, 3.05) is 32.7 Å². The summed E-state index contributed by atoms with van der Waals surface area (Å²) in [6.07, 6.45) is 5.49. The Morgan fingerprint density at radius 3 is 2.72 bits per heavy atom. The summed E-state index contributed by atoms with van der Waals surface area (Å²) in [6, 6.07) is 1.92. The van der Waals surface area contributed by atoms with Crippen LogP contribution in [0.1, 0.15) is 18.2 Å². The third-order valence-electron chi connectivity index (χ3n) is 4.05. The molecule has 0 atom stereocenters. The van der Waals surface area contributed by atoms with Crippen molar-refractivity contribution >= 4 is 29.9 Å². The number of aromatic nitrogens is 3. The monoisotopic (exact) mass is 459 g/mol. The van der Waals surface area contributed by atoms with Crippen molar-refractivity contribution in [1.29, 1.82) is 0 Å². The van der Waals surface area contributed by atoms with Gasteiger partial charge in [-0.2, -0.15) is 5.10 Å². The molecule has 0 saturated carbocycles. The number of halogens is 1. The third-order valence-corrected chi connectivity index (χ3v) is 4.05. The van der Waals surface area contributed by atoms with Crippen LogP contribution in [-0.2, 0) is 20.1 Å². The van der Waals surface area contributed by atoms with Gasteiger partial charge < -0.3 is 14.7 Å². The SMILES string of the molecule is CCNC(=NCc1cnn(C)c1)N1CCN(Cc2ccon2)CC1.I. The van der Waals surface area contributed by atoms with E-state index >= 15 is 0 Å². The van der Waals surface area contributed by atoms with Crippen LogP contribution >= 0.6 is 24.0 Å². The van der Waals surface area contributed by atoms with Crippen molar-refractivity contribution in [3.05, 3.63) is 36.0 Å². The van der Waals surface area contributed by atoms with Crippen LogP contribution in [0, 0.1) is 0 Å². The van der Waals surface area contributed by atoms with E-state index in [-0.39, 0.29) is 24.0 Å². The van der Waals surface area contributed by atoms with Gasteiger partial charge in [-0.15, -0.1) is 24.0 Å². The Morgan fingerprint density at radius 2 is 2.12 bits per heavy atom. The molecular formula is C16H26IN7O. The normalized spacial score (nSPS) is 15.9. The molecule has 2 aromatic rings. The molecule has 0 spiro atoms. The Morgan fingerprint density at radius 1 is 1.32 bits per heavy atom. The zero-order chi connectivity index (χ0) is 16.8. The highest BCUT2D eigenvalue weighted by Gasteiger charge is 2.20. The molecule has 138 valence electrons. The number of guanidine groups is 1. The fraction of sp³-hybridized carbons (Fsp3) is 0.562. The van der Waals surface area contributed by atoms with Crippen LogP contribution in [0.5, 0.6) is 0 Å². The second kappa shape index (κ2) is 9.76. The van der Waals surface area contributed by atoms with E-state index in [0.717, 1.165) is 56.5 Å². The van der Waals surface area contributed by atoms with Gasteiger partial charge in [-0.1, -0.05) is 5.16 Å². The van der Waals surface area contributed by atoms with Gasteiger partial charge in [-0.25, -0.2) is 4.99 Å². The van der Waals surface area contributed by atoms with Gasteiger partial charge in [0.15, 0.2) is 5.96 Å². The standard InChI is InChI=1S/C16H25N7O.HI/c1-3-17-16(18-10-14-11-19-21(2)12-14)23-7-5-22(6-8-23)13-15-4-9-24-20-15;/h4,9,11-12H,3,5-8,10,13H2,1-2H3,(H,17,18);1H. The fourth-order valence-electron chi connectivity index (χ4n) is 2.81. The first kappa shape index (κ1) is 19.7. The molecule has 1 N–H and O–H groups in total. The lowest BCUT2D eigenvalue weighted by Crippen LogP contribution is -2.52. The Kier molecular flexibility index (Phi) is 7.69. The number of nitrogens with zero attached hydrogens (tertiary/aromatic N) is 6. The molecular weight excluding hydrogens is 433 g/mol. The van der Waals surface area contributed by atoms with Crippen LogP contribution < -0.4 is 5.32 Å². The number of aliphatic imine (C=N–C) groups is 1. The van der Waals surface area contributed by atoms with E-state index in [1.807, 2.05) is 25.5 Å². The van der Waals surface area contributed by atoms with Crippen LogP contribution in [0.3, 0.4) is 0 Å². The molecule has 0 radical (unpaired) electrons. The van der Waals surface area contributed by atoms with E-state index in [9.17, 15) is 0 Å². The predicted octanol–water partition coefficient (Wildman–Crippen LogP) is 1.31. The van der Waals surface area contributed by atoms with E-state index in [1.165, 1.54) is 0 Å². The average molecular weight is 459 g/mol. The minimum atomic E-state index is 0. The topological polar surface area (TPSA) is 74.7 Å². The first-order chi connectivity index (χ1) is 11.7. The number of hydrogen-bond acceptors (Lipinski definition) is 5. The molecule has 8 nitrogen and oxygen atoms in total. The Bertz CT molecular complexity index is 647. The summed E-state index contributed by atoms with van der Waals surface area (Å²) < 4.78 is 6.71. The summed E-state index contributed by atoms with van der Waals surface area (Å²) in [6.45, 7) is 8.34. The van der Waals surface area contributed by atoms with Crippen LogP contribution in [0.15, 0.2) is 34.2 Å². The predicted molar refractivity (Wildman–Crippen MR) is 107 cm³/mol. The molecule has 0 aromatic carbocycles. The van der Waals surface area contributed by atoms with Crippen molar-refractivity contribution < 1.29 is 4.52 Å². The number of piperazine rings is 1. The lowest BCUT2D eigenvalue weighted by molar-refractivity contribution is 0.169. The van der Waals surface area contributed by atoms with Crippen LogP contribution in [0.25, 0.3) is 0 Å². The zero-order valence-corrected chi connectivity index (χ0v) is 17.1. The molecule has 1 aliphatic heterocycles. The second-order valence-electron chi connectivity index (χ2n) is 5.95. The van der Waals surface area contributed by atoms with E-state index in [1.54, 1.807) is 10.9 Å². The minimum Gasteiger partial charge on any atom is -0.364 e. The highest BCUT2D eigenvalue weighted by molar-refractivity contribution is 14.0. The van der Waals surface area contributed by atoms with Gasteiger partial charge in [-0.3, -0.25) is 9.58 Å².